The predicted molar refractivity (Wildman–Crippen MR) is 135 cm³/mol. The van der Waals surface area contributed by atoms with Crippen molar-refractivity contribution in [2.24, 2.45) is 17.8 Å². The molecular weight excluding hydrogens is 410 g/mol. The Balaban J connectivity index is 1.41. The molecule has 33 heavy (non-hydrogen) atoms. The van der Waals surface area contributed by atoms with Crippen LogP contribution in [0.4, 0.5) is 0 Å². The lowest BCUT2D eigenvalue weighted by atomic mass is 9.89. The fourth-order valence-corrected chi connectivity index (χ4v) is 5.77. The number of aryl methyl sites for hydroxylation is 2. The smallest absolute Gasteiger partial charge is 0.249 e. The van der Waals surface area contributed by atoms with Crippen molar-refractivity contribution in [1.82, 2.24) is 4.90 Å². The lowest BCUT2D eigenvalue weighted by Crippen LogP contribution is -2.44. The minimum atomic E-state index is -0.236. The normalized spacial score (nSPS) is 24.7. The van der Waals surface area contributed by atoms with E-state index in [1.807, 2.05) is 32.6 Å². The zero-order chi connectivity index (χ0) is 24.0. The van der Waals surface area contributed by atoms with E-state index in [-0.39, 0.29) is 36.6 Å². The number of ether oxygens (including phenoxy) is 1. The van der Waals surface area contributed by atoms with Gasteiger partial charge in [-0.2, -0.15) is 0 Å². The standard InChI is InChI=1S/C29H43NO3/c1-20(2)30(21(3)4)29(32)19-33-14-13-24-16-25-18-28(31)26(27(25)17-24)12-7-6-10-23-11-8-9-22(5)15-23/h7-9,11-12,15-16,20-21,25-28,31H,6,10,13-14,17-19H2,1-5H3/b12-7+/t25-,26+,27-,28+/m0/s1. The van der Waals surface area contributed by atoms with Crippen molar-refractivity contribution in [2.45, 2.75) is 84.9 Å². The predicted octanol–water partition coefficient (Wildman–Crippen LogP) is 5.48. The molecule has 4 nitrogen and oxygen atoms in total. The molecule has 1 saturated carbocycles. The Morgan fingerprint density at radius 2 is 1.97 bits per heavy atom. The van der Waals surface area contributed by atoms with E-state index in [2.05, 4.69) is 49.4 Å². The minimum Gasteiger partial charge on any atom is -0.392 e. The van der Waals surface area contributed by atoms with Crippen LogP contribution in [-0.4, -0.2) is 47.3 Å². The second kappa shape index (κ2) is 12.0. The summed E-state index contributed by atoms with van der Waals surface area (Å²) in [6, 6.07) is 9.06. The van der Waals surface area contributed by atoms with Crippen LogP contribution in [-0.2, 0) is 16.0 Å². The third kappa shape index (κ3) is 7.04. The van der Waals surface area contributed by atoms with Crippen LogP contribution in [0.1, 0.15) is 64.5 Å². The molecule has 0 spiro atoms. The molecule has 1 N–H and O–H groups in total. The summed E-state index contributed by atoms with van der Waals surface area (Å²) >= 11 is 0. The first kappa shape index (κ1) is 25.7. The molecule has 1 aromatic rings. The van der Waals surface area contributed by atoms with Crippen LogP contribution in [0.3, 0.4) is 0 Å². The summed E-state index contributed by atoms with van der Waals surface area (Å²) in [4.78, 5) is 14.3. The second-order valence-corrected chi connectivity index (χ2v) is 10.5. The molecule has 4 heteroatoms. The summed E-state index contributed by atoms with van der Waals surface area (Å²) in [5.41, 5.74) is 4.10. The number of allylic oxidation sites excluding steroid dienone is 2. The fourth-order valence-electron chi connectivity index (χ4n) is 5.77. The highest BCUT2D eigenvalue weighted by molar-refractivity contribution is 5.78. The van der Waals surface area contributed by atoms with Gasteiger partial charge in [-0.25, -0.2) is 0 Å². The topological polar surface area (TPSA) is 49.8 Å². The third-order valence-corrected chi connectivity index (χ3v) is 7.18. The Morgan fingerprint density at radius 3 is 2.67 bits per heavy atom. The van der Waals surface area contributed by atoms with Crippen molar-refractivity contribution in [3.63, 3.8) is 0 Å². The van der Waals surface area contributed by atoms with Gasteiger partial charge in [-0.05, 0) is 84.1 Å². The number of carbonyl (C=O) groups is 1. The number of benzene rings is 1. The van der Waals surface area contributed by atoms with Gasteiger partial charge >= 0.3 is 0 Å². The van der Waals surface area contributed by atoms with Crippen LogP contribution in [0, 0.1) is 24.7 Å². The van der Waals surface area contributed by atoms with Gasteiger partial charge in [0.05, 0.1) is 12.7 Å². The number of aliphatic hydroxyl groups is 1. The molecule has 1 amide bonds. The zero-order valence-electron chi connectivity index (χ0n) is 21.2. The van der Waals surface area contributed by atoms with Gasteiger partial charge in [0.25, 0.3) is 0 Å². The van der Waals surface area contributed by atoms with Crippen LogP contribution >= 0.6 is 0 Å². The first-order valence-corrected chi connectivity index (χ1v) is 12.7. The van der Waals surface area contributed by atoms with Crippen LogP contribution in [0.15, 0.2) is 48.1 Å². The average molecular weight is 454 g/mol. The second-order valence-electron chi connectivity index (χ2n) is 10.5. The maximum atomic E-state index is 12.4. The Hall–Kier alpha value is -1.91. The third-order valence-electron chi connectivity index (χ3n) is 7.18. The summed E-state index contributed by atoms with van der Waals surface area (Å²) in [5.74, 6) is 1.29. The summed E-state index contributed by atoms with van der Waals surface area (Å²) in [7, 11) is 0. The fraction of sp³-hybridized carbons (Fsp3) is 0.621. The molecule has 2 aliphatic carbocycles. The molecule has 0 saturated heterocycles. The maximum absolute atomic E-state index is 12.4. The highest BCUT2D eigenvalue weighted by Gasteiger charge is 2.43. The van der Waals surface area contributed by atoms with Gasteiger partial charge in [0, 0.05) is 18.0 Å². The van der Waals surface area contributed by atoms with Crippen LogP contribution in [0.25, 0.3) is 0 Å². The summed E-state index contributed by atoms with van der Waals surface area (Å²) in [6.45, 7) is 11.0. The first-order valence-electron chi connectivity index (χ1n) is 12.7. The van der Waals surface area contributed by atoms with Crippen molar-refractivity contribution in [2.75, 3.05) is 13.2 Å². The monoisotopic (exact) mass is 453 g/mol. The van der Waals surface area contributed by atoms with Gasteiger partial charge < -0.3 is 14.7 Å². The van der Waals surface area contributed by atoms with E-state index in [1.54, 1.807) is 0 Å². The lowest BCUT2D eigenvalue weighted by Gasteiger charge is -2.30. The van der Waals surface area contributed by atoms with E-state index in [4.69, 9.17) is 4.74 Å². The van der Waals surface area contributed by atoms with E-state index in [0.29, 0.717) is 18.4 Å². The molecule has 0 bridgehead atoms. The van der Waals surface area contributed by atoms with Crippen LogP contribution in [0.2, 0.25) is 0 Å². The number of fused-ring (bicyclic) bond motifs is 1. The minimum absolute atomic E-state index is 0.0660. The van der Waals surface area contributed by atoms with Crippen molar-refractivity contribution in [1.29, 1.82) is 0 Å². The SMILES string of the molecule is Cc1cccc(CC/C=C/[C@@H]2[C@H]3CC(CCOCC(=O)N(C(C)C)C(C)C)=C[C@H]3C[C@H]2O)c1. The number of hydrogen-bond donors (Lipinski definition) is 1. The Bertz CT molecular complexity index is 833. The molecule has 182 valence electrons. The number of rotatable bonds is 11. The number of hydrogen-bond acceptors (Lipinski definition) is 3. The van der Waals surface area contributed by atoms with Crippen molar-refractivity contribution in [3.05, 3.63) is 59.2 Å². The molecule has 3 rings (SSSR count). The van der Waals surface area contributed by atoms with E-state index in [1.165, 1.54) is 16.7 Å². The van der Waals surface area contributed by atoms with Gasteiger partial charge in [0.2, 0.25) is 5.91 Å². The van der Waals surface area contributed by atoms with Gasteiger partial charge in [0.1, 0.15) is 6.61 Å². The summed E-state index contributed by atoms with van der Waals surface area (Å²) in [5, 5.41) is 10.6. The van der Waals surface area contributed by atoms with E-state index < -0.39 is 0 Å². The molecular formula is C29H43NO3. The lowest BCUT2D eigenvalue weighted by molar-refractivity contribution is -0.139. The van der Waals surface area contributed by atoms with E-state index >= 15 is 0 Å². The summed E-state index contributed by atoms with van der Waals surface area (Å²) < 4.78 is 5.74. The number of amides is 1. The Morgan fingerprint density at radius 1 is 1.21 bits per heavy atom. The number of nitrogens with zero attached hydrogens (tertiary/aromatic N) is 1. The molecule has 1 fully saturated rings. The molecule has 0 radical (unpaired) electrons. The van der Waals surface area contributed by atoms with Crippen LogP contribution in [0.5, 0.6) is 0 Å². The average Bonchev–Trinajstić information content (AvgIpc) is 3.25. The largest absolute Gasteiger partial charge is 0.392 e. The first-order chi connectivity index (χ1) is 15.8. The maximum Gasteiger partial charge on any atom is 0.249 e. The van der Waals surface area contributed by atoms with E-state index in [9.17, 15) is 9.90 Å². The number of carbonyl (C=O) groups excluding carboxylic acids is 1. The molecule has 0 aromatic heterocycles. The quantitative estimate of drug-likeness (QED) is 0.357. The summed E-state index contributed by atoms with van der Waals surface area (Å²) in [6.07, 6.45) is 11.5. The van der Waals surface area contributed by atoms with Crippen molar-refractivity contribution in [3.8, 4) is 0 Å². The van der Waals surface area contributed by atoms with E-state index in [0.717, 1.165) is 32.1 Å². The number of aliphatic hydroxyl groups excluding tert-OH is 1. The Labute approximate surface area is 200 Å². The molecule has 0 unspecified atom stereocenters. The van der Waals surface area contributed by atoms with Crippen molar-refractivity contribution >= 4 is 5.91 Å². The molecule has 4 atom stereocenters. The highest BCUT2D eigenvalue weighted by Crippen LogP contribution is 2.47. The van der Waals surface area contributed by atoms with Gasteiger partial charge in [-0.1, -0.05) is 53.6 Å². The van der Waals surface area contributed by atoms with Crippen LogP contribution < -0.4 is 0 Å². The highest BCUT2D eigenvalue weighted by atomic mass is 16.5. The van der Waals surface area contributed by atoms with Crippen molar-refractivity contribution < 1.29 is 14.6 Å². The zero-order valence-corrected chi connectivity index (χ0v) is 21.2. The molecule has 0 heterocycles. The van der Waals surface area contributed by atoms with Gasteiger partial charge in [-0.3, -0.25) is 4.79 Å². The van der Waals surface area contributed by atoms with Gasteiger partial charge in [-0.15, -0.1) is 0 Å². The molecule has 2 aliphatic rings. The van der Waals surface area contributed by atoms with Gasteiger partial charge in [0.15, 0.2) is 0 Å². The molecule has 1 aromatic carbocycles. The molecule has 0 aliphatic heterocycles. The Kier molecular flexibility index (Phi) is 9.34.